The number of nitrogens with zero attached hydrogens (tertiary/aromatic N) is 2. The zero-order valence-corrected chi connectivity index (χ0v) is 17.8. The van der Waals surface area contributed by atoms with Gasteiger partial charge in [0.25, 0.3) is 0 Å². The van der Waals surface area contributed by atoms with E-state index in [-0.39, 0.29) is 23.9 Å². The Labute approximate surface area is 173 Å². The molecule has 1 N–H and O–H groups in total. The molecule has 0 aromatic heterocycles. The summed E-state index contributed by atoms with van der Waals surface area (Å²) < 4.78 is 46.6. The fraction of sp³-hybridized carbons (Fsp3) is 0.300. The minimum atomic E-state index is -2.79. The van der Waals surface area contributed by atoms with Crippen LogP contribution >= 0.6 is 11.8 Å². The molecule has 5 nitrogen and oxygen atoms in total. The van der Waals surface area contributed by atoms with Gasteiger partial charge in [0.05, 0.1) is 22.2 Å². The third kappa shape index (κ3) is 4.84. The summed E-state index contributed by atoms with van der Waals surface area (Å²) in [5.41, 5.74) is 1.40. The Morgan fingerprint density at radius 1 is 1.24 bits per heavy atom. The van der Waals surface area contributed by atoms with Crippen molar-refractivity contribution in [1.82, 2.24) is 4.90 Å². The molecule has 1 amide bonds. The molecule has 154 valence electrons. The standard InChI is InChI=1S/C20H21F2N3O2S2/c1-12-19(29(3,23)27)28-20(24-12)25(2)18(26)10-13-4-6-14(7-5-13)16-11-15(21)8-9-17(16)22/h4-9,11-12,19,23H,10H2,1-3H3. The molecule has 1 aliphatic heterocycles. The lowest BCUT2D eigenvalue weighted by atomic mass is 10.0. The van der Waals surface area contributed by atoms with Crippen LogP contribution in [-0.2, 0) is 20.9 Å². The van der Waals surface area contributed by atoms with Gasteiger partial charge in [-0.3, -0.25) is 19.5 Å². The van der Waals surface area contributed by atoms with Crippen LogP contribution in [0.4, 0.5) is 8.78 Å². The second kappa shape index (κ2) is 8.23. The number of carbonyl (C=O) groups is 1. The van der Waals surface area contributed by atoms with Crippen LogP contribution in [0.3, 0.4) is 0 Å². The van der Waals surface area contributed by atoms with Crippen LogP contribution in [0.15, 0.2) is 47.5 Å². The predicted molar refractivity (Wildman–Crippen MR) is 113 cm³/mol. The Hall–Kier alpha value is -2.26. The smallest absolute Gasteiger partial charge is 0.232 e. The van der Waals surface area contributed by atoms with Crippen LogP contribution < -0.4 is 0 Å². The van der Waals surface area contributed by atoms with Crippen LogP contribution in [0.25, 0.3) is 11.1 Å². The molecule has 29 heavy (non-hydrogen) atoms. The molecule has 0 saturated heterocycles. The SMILES string of the molecule is CC1N=C(N(C)C(=O)Cc2ccc(-c3cc(F)ccc3F)cc2)SC1S(C)(=N)=O. The Kier molecular flexibility index (Phi) is 6.09. The number of likely N-dealkylation sites (N-methyl/N-ethyl adjacent to an activating group) is 1. The highest BCUT2D eigenvalue weighted by atomic mass is 32.3. The monoisotopic (exact) mass is 437 g/mol. The zero-order valence-electron chi connectivity index (χ0n) is 16.2. The van der Waals surface area contributed by atoms with Crippen LogP contribution in [0.2, 0.25) is 0 Å². The summed E-state index contributed by atoms with van der Waals surface area (Å²) in [7, 11) is -1.19. The quantitative estimate of drug-likeness (QED) is 0.782. The second-order valence-electron chi connectivity index (χ2n) is 6.99. The van der Waals surface area contributed by atoms with Gasteiger partial charge in [-0.05, 0) is 36.2 Å². The van der Waals surface area contributed by atoms with Crippen LogP contribution in [0.1, 0.15) is 12.5 Å². The number of halogens is 2. The molecule has 1 heterocycles. The lowest BCUT2D eigenvalue weighted by Gasteiger charge is -2.17. The van der Waals surface area contributed by atoms with E-state index >= 15 is 0 Å². The molecule has 3 rings (SSSR count). The largest absolute Gasteiger partial charge is 0.294 e. The molecule has 2 aromatic rings. The molecule has 1 aliphatic rings. The number of hydrogen-bond acceptors (Lipinski definition) is 5. The van der Waals surface area contributed by atoms with E-state index in [1.54, 1.807) is 38.2 Å². The topological polar surface area (TPSA) is 73.6 Å². The first-order valence-electron chi connectivity index (χ1n) is 8.84. The highest BCUT2D eigenvalue weighted by Gasteiger charge is 2.35. The average Bonchev–Trinajstić information content (AvgIpc) is 3.06. The van der Waals surface area contributed by atoms with Crippen molar-refractivity contribution >= 4 is 32.6 Å². The van der Waals surface area contributed by atoms with Crippen molar-refractivity contribution in [1.29, 1.82) is 4.78 Å². The molecular weight excluding hydrogens is 416 g/mol. The van der Waals surface area contributed by atoms with Gasteiger partial charge in [-0.2, -0.15) is 0 Å². The fourth-order valence-corrected chi connectivity index (χ4v) is 5.78. The maximum Gasteiger partial charge on any atom is 0.232 e. The lowest BCUT2D eigenvalue weighted by Crippen LogP contribution is -2.32. The van der Waals surface area contributed by atoms with Gasteiger partial charge in [0, 0.05) is 18.9 Å². The Morgan fingerprint density at radius 2 is 1.90 bits per heavy atom. The highest BCUT2D eigenvalue weighted by molar-refractivity contribution is 8.23. The van der Waals surface area contributed by atoms with Gasteiger partial charge in [-0.25, -0.2) is 13.0 Å². The fourth-order valence-electron chi connectivity index (χ4n) is 3.02. The van der Waals surface area contributed by atoms with Gasteiger partial charge in [0.2, 0.25) is 5.91 Å². The van der Waals surface area contributed by atoms with E-state index in [1.807, 2.05) is 0 Å². The first-order chi connectivity index (χ1) is 13.6. The molecule has 9 heteroatoms. The van der Waals surface area contributed by atoms with Crippen molar-refractivity contribution in [3.05, 3.63) is 59.7 Å². The number of rotatable bonds is 4. The number of aliphatic imine (C=N–C) groups is 1. The van der Waals surface area contributed by atoms with Crippen molar-refractivity contribution < 1.29 is 17.8 Å². The number of amidine groups is 1. The van der Waals surface area contributed by atoms with E-state index in [4.69, 9.17) is 4.78 Å². The van der Waals surface area contributed by atoms with Gasteiger partial charge >= 0.3 is 0 Å². The van der Waals surface area contributed by atoms with Gasteiger partial charge < -0.3 is 0 Å². The second-order valence-corrected chi connectivity index (χ2v) is 10.7. The Balaban J connectivity index is 1.70. The van der Waals surface area contributed by atoms with Gasteiger partial charge in [-0.1, -0.05) is 36.0 Å². The minimum Gasteiger partial charge on any atom is -0.294 e. The zero-order chi connectivity index (χ0) is 21.3. The van der Waals surface area contributed by atoms with Crippen molar-refractivity contribution in [2.24, 2.45) is 4.99 Å². The number of carbonyl (C=O) groups excluding carboxylic acids is 1. The van der Waals surface area contributed by atoms with Gasteiger partial charge in [0.1, 0.15) is 16.2 Å². The third-order valence-corrected chi connectivity index (χ3v) is 8.47. The van der Waals surface area contributed by atoms with E-state index in [9.17, 15) is 17.8 Å². The summed E-state index contributed by atoms with van der Waals surface area (Å²) in [6.07, 6.45) is 1.48. The van der Waals surface area contributed by atoms with E-state index in [1.165, 1.54) is 22.9 Å². The maximum absolute atomic E-state index is 13.9. The summed E-state index contributed by atoms with van der Waals surface area (Å²) in [6, 6.07) is 9.66. The van der Waals surface area contributed by atoms with Crippen molar-refractivity contribution in [2.45, 2.75) is 24.0 Å². The van der Waals surface area contributed by atoms with Crippen LogP contribution in [0.5, 0.6) is 0 Å². The number of thioether (sulfide) groups is 1. The number of nitrogens with one attached hydrogen (secondary N) is 1. The summed E-state index contributed by atoms with van der Waals surface area (Å²) in [5, 5.41) is 0.452. The normalized spacial score (nSPS) is 20.8. The van der Waals surface area contributed by atoms with E-state index in [0.29, 0.717) is 10.7 Å². The van der Waals surface area contributed by atoms with Crippen LogP contribution in [-0.4, -0.2) is 44.1 Å². The molecule has 0 spiro atoms. The third-order valence-electron chi connectivity index (χ3n) is 4.58. The summed E-state index contributed by atoms with van der Waals surface area (Å²) in [5.74, 6) is -1.24. The molecule has 3 unspecified atom stereocenters. The lowest BCUT2D eigenvalue weighted by molar-refractivity contribution is -0.125. The minimum absolute atomic E-state index is 0.101. The van der Waals surface area contributed by atoms with Gasteiger partial charge in [-0.15, -0.1) is 0 Å². The van der Waals surface area contributed by atoms with Gasteiger partial charge in [0.15, 0.2) is 5.17 Å². The van der Waals surface area contributed by atoms with E-state index in [0.717, 1.165) is 23.8 Å². The highest BCUT2D eigenvalue weighted by Crippen LogP contribution is 2.32. The Bertz CT molecular complexity index is 1070. The first kappa shape index (κ1) is 21.4. The molecule has 0 radical (unpaired) electrons. The summed E-state index contributed by atoms with van der Waals surface area (Å²) in [6.45, 7) is 1.78. The average molecular weight is 438 g/mol. The van der Waals surface area contributed by atoms with Crippen molar-refractivity contribution in [3.63, 3.8) is 0 Å². The van der Waals surface area contributed by atoms with Crippen LogP contribution in [0, 0.1) is 16.4 Å². The molecule has 0 saturated carbocycles. The molecular formula is C20H21F2N3O2S2. The Morgan fingerprint density at radius 3 is 2.48 bits per heavy atom. The predicted octanol–water partition coefficient (Wildman–Crippen LogP) is 4.13. The number of amides is 1. The molecule has 0 bridgehead atoms. The van der Waals surface area contributed by atoms with E-state index in [2.05, 4.69) is 4.99 Å². The number of hydrogen-bond donors (Lipinski definition) is 1. The van der Waals surface area contributed by atoms with E-state index < -0.39 is 25.9 Å². The molecule has 0 aliphatic carbocycles. The van der Waals surface area contributed by atoms with Crippen molar-refractivity contribution in [3.8, 4) is 11.1 Å². The summed E-state index contributed by atoms with van der Waals surface area (Å²) in [4.78, 5) is 18.4. The molecule has 3 atom stereocenters. The molecule has 0 fully saturated rings. The molecule has 2 aromatic carbocycles. The summed E-state index contributed by atoms with van der Waals surface area (Å²) >= 11 is 1.19. The first-order valence-corrected chi connectivity index (χ1v) is 11.7. The number of benzene rings is 2. The van der Waals surface area contributed by atoms with Crippen molar-refractivity contribution in [2.75, 3.05) is 13.3 Å². The maximum atomic E-state index is 13.9.